The Morgan fingerprint density at radius 3 is 2.65 bits per heavy atom. The van der Waals surface area contributed by atoms with E-state index in [1.807, 2.05) is 47.5 Å². The van der Waals surface area contributed by atoms with E-state index in [1.165, 1.54) is 4.88 Å². The maximum atomic E-state index is 12.9. The number of amides is 1. The van der Waals surface area contributed by atoms with Gasteiger partial charge in [-0.1, -0.05) is 6.07 Å². The molecule has 1 aliphatic rings. The van der Waals surface area contributed by atoms with Crippen molar-refractivity contribution in [2.75, 3.05) is 0 Å². The van der Waals surface area contributed by atoms with E-state index in [4.69, 9.17) is 0 Å². The van der Waals surface area contributed by atoms with Crippen LogP contribution in [0.15, 0.2) is 60.2 Å². The minimum Gasteiger partial charge on any atom is -0.331 e. The Morgan fingerprint density at radius 1 is 1.22 bits per heavy atom. The number of nitrogens with zero attached hydrogens (tertiary/aromatic N) is 3. The Labute approximate surface area is 139 Å². The lowest BCUT2D eigenvalue weighted by Gasteiger charge is -2.22. The molecule has 2 heterocycles. The predicted molar refractivity (Wildman–Crippen MR) is 90.8 cm³/mol. The molecule has 4 rings (SSSR count). The second-order valence-corrected chi connectivity index (χ2v) is 6.77. The Hall–Kier alpha value is -2.40. The monoisotopic (exact) mass is 323 g/mol. The van der Waals surface area contributed by atoms with Crippen molar-refractivity contribution in [1.29, 1.82) is 0 Å². The number of benzene rings is 1. The minimum atomic E-state index is 0.118. The zero-order valence-corrected chi connectivity index (χ0v) is 13.4. The molecule has 1 fully saturated rings. The fraction of sp³-hybridized carbons (Fsp3) is 0.222. The van der Waals surface area contributed by atoms with Gasteiger partial charge in [-0.05, 0) is 54.6 Å². The van der Waals surface area contributed by atoms with E-state index in [1.54, 1.807) is 22.2 Å². The molecule has 1 amide bonds. The van der Waals surface area contributed by atoms with Gasteiger partial charge < -0.3 is 4.90 Å². The normalized spacial score (nSPS) is 13.9. The maximum Gasteiger partial charge on any atom is 0.254 e. The third-order valence-corrected chi connectivity index (χ3v) is 4.90. The number of hydrogen-bond donors (Lipinski definition) is 0. The summed E-state index contributed by atoms with van der Waals surface area (Å²) in [6.45, 7) is 0.710. The quantitative estimate of drug-likeness (QED) is 0.717. The van der Waals surface area contributed by atoms with Crippen LogP contribution in [-0.2, 0) is 6.54 Å². The largest absolute Gasteiger partial charge is 0.331 e. The van der Waals surface area contributed by atoms with Crippen molar-refractivity contribution in [2.24, 2.45) is 0 Å². The molecule has 1 aromatic carbocycles. The van der Waals surface area contributed by atoms with Crippen LogP contribution in [-0.4, -0.2) is 26.6 Å². The molecule has 4 nitrogen and oxygen atoms in total. The fourth-order valence-corrected chi connectivity index (χ4v) is 3.37. The summed E-state index contributed by atoms with van der Waals surface area (Å²) in [7, 11) is 0. The molecular weight excluding hydrogens is 306 g/mol. The summed E-state index contributed by atoms with van der Waals surface area (Å²) in [5.74, 6) is 0.118. The number of carbonyl (C=O) groups is 1. The van der Waals surface area contributed by atoms with Crippen molar-refractivity contribution in [1.82, 2.24) is 14.7 Å². The molecule has 0 aliphatic heterocycles. The average molecular weight is 323 g/mol. The average Bonchev–Trinajstić information content (AvgIpc) is 3.06. The molecule has 0 unspecified atom stereocenters. The smallest absolute Gasteiger partial charge is 0.254 e. The van der Waals surface area contributed by atoms with Gasteiger partial charge in [-0.15, -0.1) is 11.3 Å². The third kappa shape index (κ3) is 3.05. The van der Waals surface area contributed by atoms with Gasteiger partial charge >= 0.3 is 0 Å². The highest BCUT2D eigenvalue weighted by atomic mass is 32.1. The van der Waals surface area contributed by atoms with Gasteiger partial charge in [0, 0.05) is 28.9 Å². The predicted octanol–water partition coefficient (Wildman–Crippen LogP) is 3.74. The van der Waals surface area contributed by atoms with E-state index in [2.05, 4.69) is 16.5 Å². The van der Waals surface area contributed by atoms with E-state index in [0.717, 1.165) is 24.1 Å². The van der Waals surface area contributed by atoms with Gasteiger partial charge in [-0.3, -0.25) is 4.79 Å². The zero-order chi connectivity index (χ0) is 15.6. The second-order valence-electron chi connectivity index (χ2n) is 5.74. The van der Waals surface area contributed by atoms with Gasteiger partial charge in [0.15, 0.2) is 0 Å². The number of aromatic nitrogens is 2. The van der Waals surface area contributed by atoms with Gasteiger partial charge in [-0.25, -0.2) is 4.68 Å². The maximum absolute atomic E-state index is 12.9. The molecule has 23 heavy (non-hydrogen) atoms. The Balaban J connectivity index is 1.54. The van der Waals surface area contributed by atoms with E-state index in [-0.39, 0.29) is 5.91 Å². The summed E-state index contributed by atoms with van der Waals surface area (Å²) in [5, 5.41) is 6.27. The SMILES string of the molecule is O=C(c1ccc(-n2cccn2)cc1)N(Cc1cccs1)C1CC1. The lowest BCUT2D eigenvalue weighted by Crippen LogP contribution is -2.32. The van der Waals surface area contributed by atoms with E-state index >= 15 is 0 Å². The molecule has 5 heteroatoms. The highest BCUT2D eigenvalue weighted by Crippen LogP contribution is 2.30. The van der Waals surface area contributed by atoms with Crippen molar-refractivity contribution in [3.63, 3.8) is 0 Å². The van der Waals surface area contributed by atoms with Crippen LogP contribution >= 0.6 is 11.3 Å². The fourth-order valence-electron chi connectivity index (χ4n) is 2.67. The summed E-state index contributed by atoms with van der Waals surface area (Å²) in [6.07, 6.45) is 5.87. The van der Waals surface area contributed by atoms with Crippen molar-refractivity contribution in [2.45, 2.75) is 25.4 Å². The molecular formula is C18H17N3OS. The number of thiophene rings is 1. The molecule has 1 saturated carbocycles. The molecule has 1 aliphatic carbocycles. The Kier molecular flexibility index (Phi) is 3.71. The van der Waals surface area contributed by atoms with Crippen LogP contribution in [0.1, 0.15) is 28.1 Å². The summed E-state index contributed by atoms with van der Waals surface area (Å²) in [4.78, 5) is 16.1. The second kappa shape index (κ2) is 6.01. The first-order chi connectivity index (χ1) is 11.3. The van der Waals surface area contributed by atoms with Crippen LogP contribution in [0.3, 0.4) is 0 Å². The van der Waals surface area contributed by atoms with Crippen LogP contribution in [0.2, 0.25) is 0 Å². The van der Waals surface area contributed by atoms with Crippen LogP contribution in [0.5, 0.6) is 0 Å². The lowest BCUT2D eigenvalue weighted by molar-refractivity contribution is 0.0731. The van der Waals surface area contributed by atoms with Crippen LogP contribution in [0.25, 0.3) is 5.69 Å². The van der Waals surface area contributed by atoms with E-state index < -0.39 is 0 Å². The molecule has 0 radical (unpaired) electrons. The van der Waals surface area contributed by atoms with Gasteiger partial charge in [-0.2, -0.15) is 5.10 Å². The summed E-state index contributed by atoms with van der Waals surface area (Å²) in [5.41, 5.74) is 1.70. The summed E-state index contributed by atoms with van der Waals surface area (Å²) in [6, 6.07) is 14.1. The Morgan fingerprint density at radius 2 is 2.04 bits per heavy atom. The first-order valence-electron chi connectivity index (χ1n) is 7.75. The summed E-state index contributed by atoms with van der Waals surface area (Å²) >= 11 is 1.70. The van der Waals surface area contributed by atoms with Crippen molar-refractivity contribution < 1.29 is 4.79 Å². The van der Waals surface area contributed by atoms with Gasteiger partial charge in [0.2, 0.25) is 0 Å². The minimum absolute atomic E-state index is 0.118. The van der Waals surface area contributed by atoms with E-state index in [9.17, 15) is 4.79 Å². The van der Waals surface area contributed by atoms with Gasteiger partial charge in [0.05, 0.1) is 12.2 Å². The highest BCUT2D eigenvalue weighted by Gasteiger charge is 2.33. The number of hydrogen-bond acceptors (Lipinski definition) is 3. The van der Waals surface area contributed by atoms with Crippen molar-refractivity contribution in [3.8, 4) is 5.69 Å². The first-order valence-corrected chi connectivity index (χ1v) is 8.63. The molecule has 0 bridgehead atoms. The first kappa shape index (κ1) is 14.2. The zero-order valence-electron chi connectivity index (χ0n) is 12.6. The molecule has 0 N–H and O–H groups in total. The van der Waals surface area contributed by atoms with Gasteiger partial charge in [0.1, 0.15) is 0 Å². The highest BCUT2D eigenvalue weighted by molar-refractivity contribution is 7.09. The lowest BCUT2D eigenvalue weighted by atomic mass is 10.1. The van der Waals surface area contributed by atoms with Gasteiger partial charge in [0.25, 0.3) is 5.91 Å². The Bertz CT molecular complexity index is 774. The molecule has 2 aromatic heterocycles. The number of rotatable bonds is 5. The topological polar surface area (TPSA) is 38.1 Å². The van der Waals surface area contributed by atoms with Crippen LogP contribution in [0.4, 0.5) is 0 Å². The summed E-state index contributed by atoms with van der Waals surface area (Å²) < 4.78 is 1.79. The van der Waals surface area contributed by atoms with Crippen molar-refractivity contribution >= 4 is 17.2 Å². The molecule has 3 aromatic rings. The third-order valence-electron chi connectivity index (χ3n) is 4.04. The van der Waals surface area contributed by atoms with Crippen LogP contribution < -0.4 is 0 Å². The van der Waals surface area contributed by atoms with Crippen LogP contribution in [0, 0.1) is 0 Å². The number of carbonyl (C=O) groups excluding carboxylic acids is 1. The molecule has 0 spiro atoms. The molecule has 116 valence electrons. The molecule has 0 atom stereocenters. The van der Waals surface area contributed by atoms with E-state index in [0.29, 0.717) is 12.6 Å². The molecule has 0 saturated heterocycles. The van der Waals surface area contributed by atoms with Crippen molar-refractivity contribution in [3.05, 3.63) is 70.7 Å². The standard InChI is InChI=1S/C18H17N3OS/c22-18(20(15-8-9-15)13-17-3-1-12-23-17)14-4-6-16(7-5-14)21-11-2-10-19-21/h1-7,10-12,15H,8-9,13H2.